The van der Waals surface area contributed by atoms with E-state index in [-0.39, 0.29) is 10.8 Å². The van der Waals surface area contributed by atoms with Crippen molar-refractivity contribution in [2.45, 2.75) is 65.3 Å². The third kappa shape index (κ3) is 4.72. The first kappa shape index (κ1) is 26.7. The fourth-order valence-electron chi connectivity index (χ4n) is 7.06. The van der Waals surface area contributed by atoms with Crippen molar-refractivity contribution in [3.8, 4) is 11.3 Å². The minimum Gasteiger partial charge on any atom is -0.463 e. The van der Waals surface area contributed by atoms with E-state index in [0.29, 0.717) is 34.1 Å². The van der Waals surface area contributed by atoms with Crippen molar-refractivity contribution in [2.75, 3.05) is 25.0 Å². The number of piperidine rings is 1. The molecule has 40 heavy (non-hydrogen) atoms. The normalized spacial score (nSPS) is 23.3. The van der Waals surface area contributed by atoms with Gasteiger partial charge >= 0.3 is 0 Å². The minimum absolute atomic E-state index is 0.0417. The van der Waals surface area contributed by atoms with Crippen LogP contribution in [0.15, 0.2) is 46.1 Å². The Hall–Kier alpha value is -3.52. The largest absolute Gasteiger partial charge is 0.463 e. The molecule has 0 amide bonds. The zero-order valence-electron chi connectivity index (χ0n) is 24.3. The molecule has 2 fully saturated rings. The molecule has 1 aliphatic heterocycles. The van der Waals surface area contributed by atoms with Crippen LogP contribution in [-0.4, -0.2) is 44.3 Å². The molecule has 0 radical (unpaired) electrons. The Balaban J connectivity index is 1.45. The van der Waals surface area contributed by atoms with E-state index in [9.17, 15) is 4.79 Å². The van der Waals surface area contributed by atoms with E-state index in [1.54, 1.807) is 12.6 Å². The number of anilines is 1. The SMILES string of the molecule is CCNc1cc(C2(c3nncn3C)CC(C)C2)cc(-c2coc3c(C)cc(CN4CCC[C@H](C)C4)cc3c2=O)n1. The Morgan fingerprint density at radius 2 is 1.98 bits per heavy atom. The van der Waals surface area contributed by atoms with Gasteiger partial charge in [0, 0.05) is 26.7 Å². The van der Waals surface area contributed by atoms with Crippen molar-refractivity contribution in [1.29, 1.82) is 0 Å². The number of hydrogen-bond donors (Lipinski definition) is 1. The minimum atomic E-state index is -0.265. The highest BCUT2D eigenvalue weighted by Crippen LogP contribution is 2.52. The van der Waals surface area contributed by atoms with E-state index >= 15 is 0 Å². The first-order valence-electron chi connectivity index (χ1n) is 14.7. The van der Waals surface area contributed by atoms with Crippen LogP contribution in [0.5, 0.6) is 0 Å². The summed E-state index contributed by atoms with van der Waals surface area (Å²) in [4.78, 5) is 21.4. The van der Waals surface area contributed by atoms with Crippen LogP contribution in [0.25, 0.3) is 22.2 Å². The molecule has 6 rings (SSSR count). The molecule has 2 aliphatic rings. The van der Waals surface area contributed by atoms with Crippen LogP contribution < -0.4 is 10.7 Å². The summed E-state index contributed by atoms with van der Waals surface area (Å²) >= 11 is 0. The molecule has 8 heteroatoms. The second-order valence-electron chi connectivity index (χ2n) is 12.3. The predicted molar refractivity (Wildman–Crippen MR) is 158 cm³/mol. The average molecular weight is 541 g/mol. The molecule has 210 valence electrons. The van der Waals surface area contributed by atoms with E-state index in [1.165, 1.54) is 12.8 Å². The Bertz CT molecular complexity index is 1600. The first-order chi connectivity index (χ1) is 19.3. The summed E-state index contributed by atoms with van der Waals surface area (Å²) in [5, 5.41) is 12.7. The molecule has 0 bridgehead atoms. The zero-order chi connectivity index (χ0) is 28.0. The summed E-state index contributed by atoms with van der Waals surface area (Å²) in [6.07, 6.45) is 7.81. The summed E-state index contributed by atoms with van der Waals surface area (Å²) < 4.78 is 8.16. The summed E-state index contributed by atoms with van der Waals surface area (Å²) in [6.45, 7) is 12.4. The number of likely N-dealkylation sites (tertiary alicyclic amines) is 1. The van der Waals surface area contributed by atoms with Gasteiger partial charge in [0.25, 0.3) is 0 Å². The van der Waals surface area contributed by atoms with Crippen LogP contribution in [0.1, 0.15) is 69.0 Å². The first-order valence-corrected chi connectivity index (χ1v) is 14.7. The van der Waals surface area contributed by atoms with Gasteiger partial charge in [-0.05, 0) is 92.8 Å². The summed E-state index contributed by atoms with van der Waals surface area (Å²) in [6, 6.07) is 8.36. The maximum atomic E-state index is 14.1. The van der Waals surface area contributed by atoms with Gasteiger partial charge in [-0.1, -0.05) is 19.9 Å². The highest BCUT2D eigenvalue weighted by Gasteiger charge is 2.48. The Kier molecular flexibility index (Phi) is 6.98. The second kappa shape index (κ2) is 10.5. The zero-order valence-corrected chi connectivity index (χ0v) is 24.3. The van der Waals surface area contributed by atoms with Crippen molar-refractivity contribution < 1.29 is 4.42 Å². The van der Waals surface area contributed by atoms with Crippen LogP contribution in [0.3, 0.4) is 0 Å². The van der Waals surface area contributed by atoms with Gasteiger partial charge in [0.2, 0.25) is 5.43 Å². The molecule has 1 saturated carbocycles. The average Bonchev–Trinajstić information content (AvgIpc) is 3.33. The summed E-state index contributed by atoms with van der Waals surface area (Å²) in [5.74, 6) is 2.98. The maximum absolute atomic E-state index is 14.1. The third-order valence-electron chi connectivity index (χ3n) is 8.81. The summed E-state index contributed by atoms with van der Waals surface area (Å²) in [5.41, 5.74) is 4.69. The van der Waals surface area contributed by atoms with Gasteiger partial charge in [-0.15, -0.1) is 10.2 Å². The lowest BCUT2D eigenvalue weighted by molar-refractivity contribution is 0.176. The van der Waals surface area contributed by atoms with E-state index < -0.39 is 0 Å². The van der Waals surface area contributed by atoms with E-state index in [2.05, 4.69) is 59.4 Å². The van der Waals surface area contributed by atoms with Gasteiger partial charge in [0.1, 0.15) is 29.8 Å². The van der Waals surface area contributed by atoms with Gasteiger partial charge in [-0.3, -0.25) is 9.69 Å². The molecule has 3 aromatic heterocycles. The van der Waals surface area contributed by atoms with Crippen molar-refractivity contribution in [3.05, 3.63) is 69.6 Å². The van der Waals surface area contributed by atoms with Crippen LogP contribution in [-0.2, 0) is 19.0 Å². The molecule has 8 nitrogen and oxygen atoms in total. The molecule has 4 heterocycles. The molecular formula is C32H40N6O2. The lowest BCUT2D eigenvalue weighted by Gasteiger charge is -2.46. The number of rotatable bonds is 7. The molecule has 1 atom stereocenters. The van der Waals surface area contributed by atoms with Crippen molar-refractivity contribution in [2.24, 2.45) is 18.9 Å². The second-order valence-corrected chi connectivity index (χ2v) is 12.3. The maximum Gasteiger partial charge on any atom is 0.202 e. The van der Waals surface area contributed by atoms with E-state index in [0.717, 1.165) is 67.4 Å². The number of nitrogens with zero attached hydrogens (tertiary/aromatic N) is 5. The molecule has 1 aliphatic carbocycles. The number of aryl methyl sites for hydroxylation is 2. The van der Waals surface area contributed by atoms with Gasteiger partial charge in [0.15, 0.2) is 0 Å². The number of nitrogens with one attached hydrogen (secondary N) is 1. The molecule has 0 unspecified atom stereocenters. The van der Waals surface area contributed by atoms with Gasteiger partial charge < -0.3 is 14.3 Å². The number of pyridine rings is 1. The van der Waals surface area contributed by atoms with Gasteiger partial charge in [0.05, 0.1) is 22.1 Å². The lowest BCUT2D eigenvalue weighted by Crippen LogP contribution is -2.43. The number of benzene rings is 1. The number of aromatic nitrogens is 4. The monoisotopic (exact) mass is 540 g/mol. The molecule has 4 aromatic rings. The molecule has 1 N–H and O–H groups in total. The lowest BCUT2D eigenvalue weighted by atomic mass is 9.58. The fraction of sp³-hybridized carbons (Fsp3) is 0.500. The van der Waals surface area contributed by atoms with Crippen molar-refractivity contribution in [3.63, 3.8) is 0 Å². The molecule has 1 saturated heterocycles. The highest BCUT2D eigenvalue weighted by molar-refractivity contribution is 5.84. The Labute approximate surface area is 235 Å². The van der Waals surface area contributed by atoms with Crippen molar-refractivity contribution >= 4 is 16.8 Å². The third-order valence-corrected chi connectivity index (χ3v) is 8.81. The fourth-order valence-corrected chi connectivity index (χ4v) is 7.06. The Morgan fingerprint density at radius 1 is 1.15 bits per heavy atom. The predicted octanol–water partition coefficient (Wildman–Crippen LogP) is 5.67. The van der Waals surface area contributed by atoms with Crippen LogP contribution >= 0.6 is 0 Å². The van der Waals surface area contributed by atoms with Gasteiger partial charge in [-0.25, -0.2) is 4.98 Å². The van der Waals surface area contributed by atoms with E-state index in [1.807, 2.05) is 24.6 Å². The molecular weight excluding hydrogens is 500 g/mol. The van der Waals surface area contributed by atoms with Crippen LogP contribution in [0.2, 0.25) is 0 Å². The topological polar surface area (TPSA) is 89.1 Å². The van der Waals surface area contributed by atoms with Gasteiger partial charge in [-0.2, -0.15) is 0 Å². The number of hydrogen-bond acceptors (Lipinski definition) is 7. The van der Waals surface area contributed by atoms with Crippen LogP contribution in [0.4, 0.5) is 5.82 Å². The Morgan fingerprint density at radius 3 is 2.67 bits per heavy atom. The smallest absolute Gasteiger partial charge is 0.202 e. The quantitative estimate of drug-likeness (QED) is 0.323. The number of fused-ring (bicyclic) bond motifs is 1. The van der Waals surface area contributed by atoms with Crippen molar-refractivity contribution in [1.82, 2.24) is 24.6 Å². The summed E-state index contributed by atoms with van der Waals surface area (Å²) in [7, 11) is 2.00. The molecule has 1 aromatic carbocycles. The highest BCUT2D eigenvalue weighted by atomic mass is 16.3. The standard InChI is InChI=1S/C32H40N6O2/c1-6-33-28-13-24(32(14-21(3)15-32)31-36-34-19-37(31)5)12-27(35-28)26-18-40-30-22(4)10-23(11-25(30)29(26)39)17-38-9-7-8-20(2)16-38/h10-13,18-21H,6-9,14-17H2,1-5H3,(H,33,35)/t20-,21?,32?/m0/s1. The van der Waals surface area contributed by atoms with E-state index in [4.69, 9.17) is 9.40 Å². The molecule has 0 spiro atoms. The van der Waals surface area contributed by atoms with Crippen LogP contribution in [0, 0.1) is 18.8 Å².